The van der Waals surface area contributed by atoms with E-state index in [4.69, 9.17) is 16.3 Å². The summed E-state index contributed by atoms with van der Waals surface area (Å²) in [5, 5.41) is 5.16. The van der Waals surface area contributed by atoms with E-state index in [-0.39, 0.29) is 17.5 Å². The Hall–Kier alpha value is -2.34. The van der Waals surface area contributed by atoms with Crippen LogP contribution in [0.5, 0.6) is 5.75 Å². The monoisotopic (exact) mass is 401 g/mol. The Bertz CT molecular complexity index is 917. The van der Waals surface area contributed by atoms with Crippen LogP contribution in [0.3, 0.4) is 0 Å². The van der Waals surface area contributed by atoms with Gasteiger partial charge in [-0.05, 0) is 56.9 Å². The number of hydrogen-bond acceptors (Lipinski definition) is 4. The first-order chi connectivity index (χ1) is 13.5. The van der Waals surface area contributed by atoms with Crippen LogP contribution >= 0.6 is 11.6 Å². The molecular weight excluding hydrogens is 378 g/mol. The van der Waals surface area contributed by atoms with E-state index in [2.05, 4.69) is 5.10 Å². The van der Waals surface area contributed by atoms with Crippen molar-refractivity contribution in [2.75, 3.05) is 13.1 Å². The minimum Gasteiger partial charge on any atom is -0.481 e. The maximum atomic E-state index is 12.7. The number of ether oxygens (including phenoxy) is 1. The average molecular weight is 402 g/mol. The molecule has 0 bridgehead atoms. The third kappa shape index (κ3) is 4.22. The van der Waals surface area contributed by atoms with Crippen molar-refractivity contribution in [2.24, 2.45) is 0 Å². The number of likely N-dealkylation sites (tertiary alicyclic amines) is 1. The van der Waals surface area contributed by atoms with Crippen LogP contribution in [0.2, 0.25) is 5.02 Å². The maximum Gasteiger partial charge on any atom is 0.267 e. The second kappa shape index (κ2) is 7.95. The van der Waals surface area contributed by atoms with Crippen LogP contribution in [0.25, 0.3) is 0 Å². The summed E-state index contributed by atoms with van der Waals surface area (Å²) in [4.78, 5) is 26.8. The molecule has 1 aromatic heterocycles. The molecule has 1 saturated heterocycles. The number of benzene rings is 1. The van der Waals surface area contributed by atoms with Crippen LogP contribution in [0.4, 0.5) is 0 Å². The van der Waals surface area contributed by atoms with Crippen molar-refractivity contribution in [3.05, 3.63) is 57.5 Å². The van der Waals surface area contributed by atoms with Gasteiger partial charge < -0.3 is 9.64 Å². The van der Waals surface area contributed by atoms with Gasteiger partial charge >= 0.3 is 0 Å². The Morgan fingerprint density at radius 3 is 2.61 bits per heavy atom. The molecule has 1 aromatic carbocycles. The quantitative estimate of drug-likeness (QED) is 0.770. The molecule has 2 heterocycles. The van der Waals surface area contributed by atoms with Gasteiger partial charge in [-0.2, -0.15) is 5.10 Å². The molecule has 1 aliphatic carbocycles. The first kappa shape index (κ1) is 19.0. The zero-order chi connectivity index (χ0) is 19.7. The normalized spacial score (nSPS) is 18.7. The Morgan fingerprint density at radius 1 is 1.18 bits per heavy atom. The van der Waals surface area contributed by atoms with Crippen molar-refractivity contribution >= 4 is 17.5 Å². The smallest absolute Gasteiger partial charge is 0.267 e. The third-order valence-corrected chi connectivity index (χ3v) is 5.66. The molecule has 4 rings (SSSR count). The van der Waals surface area contributed by atoms with Gasteiger partial charge in [-0.1, -0.05) is 17.7 Å². The van der Waals surface area contributed by atoms with Gasteiger partial charge in [-0.25, -0.2) is 4.68 Å². The zero-order valence-electron chi connectivity index (χ0n) is 15.9. The SMILES string of the molecule is CC(Oc1cccc(Cl)c1)C(=O)N1CCC(n2nc(C3CC3)ccc2=O)CC1. The number of carbonyl (C=O) groups is 1. The molecule has 2 aromatic rings. The highest BCUT2D eigenvalue weighted by molar-refractivity contribution is 6.30. The number of carbonyl (C=O) groups excluding carboxylic acids is 1. The lowest BCUT2D eigenvalue weighted by molar-refractivity contribution is -0.139. The number of piperidine rings is 1. The largest absolute Gasteiger partial charge is 0.481 e. The van der Waals surface area contributed by atoms with Gasteiger partial charge in [0.25, 0.3) is 11.5 Å². The second-order valence-corrected chi connectivity index (χ2v) is 8.03. The van der Waals surface area contributed by atoms with Crippen molar-refractivity contribution in [3.8, 4) is 5.75 Å². The summed E-state index contributed by atoms with van der Waals surface area (Å²) in [5.74, 6) is 1.04. The van der Waals surface area contributed by atoms with Crippen LogP contribution in [0, 0.1) is 0 Å². The van der Waals surface area contributed by atoms with Crippen LogP contribution in [0.1, 0.15) is 50.3 Å². The van der Waals surface area contributed by atoms with Crippen molar-refractivity contribution in [1.29, 1.82) is 0 Å². The summed E-state index contributed by atoms with van der Waals surface area (Å²) in [6.45, 7) is 2.93. The van der Waals surface area contributed by atoms with Gasteiger partial charge in [-0.3, -0.25) is 9.59 Å². The van der Waals surface area contributed by atoms with E-state index in [0.29, 0.717) is 29.8 Å². The highest BCUT2D eigenvalue weighted by atomic mass is 35.5. The molecule has 28 heavy (non-hydrogen) atoms. The predicted octanol–water partition coefficient (Wildman–Crippen LogP) is 3.41. The fraction of sp³-hybridized carbons (Fsp3) is 0.476. The molecule has 0 spiro atoms. The number of nitrogens with zero attached hydrogens (tertiary/aromatic N) is 3. The fourth-order valence-corrected chi connectivity index (χ4v) is 3.86. The Kier molecular flexibility index (Phi) is 5.40. The molecule has 2 aliphatic rings. The summed E-state index contributed by atoms with van der Waals surface area (Å²) in [7, 11) is 0. The number of aromatic nitrogens is 2. The van der Waals surface area contributed by atoms with Crippen molar-refractivity contribution < 1.29 is 9.53 Å². The van der Waals surface area contributed by atoms with Gasteiger partial charge in [0.2, 0.25) is 0 Å². The second-order valence-electron chi connectivity index (χ2n) is 7.59. The van der Waals surface area contributed by atoms with Gasteiger partial charge in [-0.15, -0.1) is 0 Å². The summed E-state index contributed by atoms with van der Waals surface area (Å²) >= 11 is 5.97. The van der Waals surface area contributed by atoms with Crippen molar-refractivity contribution in [3.63, 3.8) is 0 Å². The van der Waals surface area contributed by atoms with E-state index < -0.39 is 6.10 Å². The van der Waals surface area contributed by atoms with Crippen LogP contribution in [-0.2, 0) is 4.79 Å². The van der Waals surface area contributed by atoms with Crippen molar-refractivity contribution in [2.45, 2.75) is 50.7 Å². The van der Waals surface area contributed by atoms with Crippen LogP contribution in [0.15, 0.2) is 41.2 Å². The molecule has 1 aliphatic heterocycles. The third-order valence-electron chi connectivity index (χ3n) is 5.42. The Labute approximate surface area is 169 Å². The van der Waals surface area contributed by atoms with Gasteiger partial charge in [0, 0.05) is 30.1 Å². The molecular formula is C21H24ClN3O3. The van der Waals surface area contributed by atoms with Gasteiger partial charge in [0.15, 0.2) is 6.10 Å². The number of rotatable bonds is 5. The summed E-state index contributed by atoms with van der Waals surface area (Å²) in [5.41, 5.74) is 0.952. The van der Waals surface area contributed by atoms with E-state index in [1.807, 2.05) is 11.0 Å². The molecule has 7 heteroatoms. The molecule has 0 N–H and O–H groups in total. The summed E-state index contributed by atoms with van der Waals surface area (Å²) in [6.07, 6.45) is 3.16. The minimum atomic E-state index is -0.589. The van der Waals surface area contributed by atoms with Crippen LogP contribution in [-0.4, -0.2) is 39.8 Å². The lowest BCUT2D eigenvalue weighted by atomic mass is 10.0. The van der Waals surface area contributed by atoms with E-state index in [1.165, 1.54) is 0 Å². The van der Waals surface area contributed by atoms with E-state index in [9.17, 15) is 9.59 Å². The Balaban J connectivity index is 1.36. The molecule has 2 fully saturated rings. The molecule has 1 atom stereocenters. The molecule has 6 nitrogen and oxygen atoms in total. The highest BCUT2D eigenvalue weighted by Gasteiger charge is 2.30. The fourth-order valence-electron chi connectivity index (χ4n) is 3.68. The van der Waals surface area contributed by atoms with E-state index >= 15 is 0 Å². The molecule has 0 radical (unpaired) electrons. The molecule has 1 amide bonds. The highest BCUT2D eigenvalue weighted by Crippen LogP contribution is 2.38. The number of amides is 1. The number of hydrogen-bond donors (Lipinski definition) is 0. The topological polar surface area (TPSA) is 64.4 Å². The zero-order valence-corrected chi connectivity index (χ0v) is 16.6. The Morgan fingerprint density at radius 2 is 1.93 bits per heavy atom. The van der Waals surface area contributed by atoms with Crippen LogP contribution < -0.4 is 10.3 Å². The average Bonchev–Trinajstić information content (AvgIpc) is 3.53. The molecule has 1 unspecified atom stereocenters. The molecule has 1 saturated carbocycles. The summed E-state index contributed by atoms with van der Waals surface area (Å²) < 4.78 is 7.37. The van der Waals surface area contributed by atoms with Gasteiger partial charge in [0.1, 0.15) is 5.75 Å². The lowest BCUT2D eigenvalue weighted by Crippen LogP contribution is -2.46. The first-order valence-electron chi connectivity index (χ1n) is 9.82. The van der Waals surface area contributed by atoms with Crippen molar-refractivity contribution in [1.82, 2.24) is 14.7 Å². The summed E-state index contributed by atoms with van der Waals surface area (Å²) in [6, 6.07) is 10.6. The van der Waals surface area contributed by atoms with E-state index in [0.717, 1.165) is 31.4 Å². The number of halogens is 1. The molecule has 148 valence electrons. The standard InChI is InChI=1S/C21H24ClN3O3/c1-14(28-18-4-2-3-16(22)13-18)21(27)24-11-9-17(10-12-24)25-20(26)8-7-19(23-25)15-5-6-15/h2-4,7-8,13-15,17H,5-6,9-12H2,1H3. The predicted molar refractivity (Wildman–Crippen MR) is 107 cm³/mol. The first-order valence-corrected chi connectivity index (χ1v) is 10.2. The van der Waals surface area contributed by atoms with Gasteiger partial charge in [0.05, 0.1) is 11.7 Å². The maximum absolute atomic E-state index is 12.7. The lowest BCUT2D eigenvalue weighted by Gasteiger charge is -2.33. The minimum absolute atomic E-state index is 0.0411. The van der Waals surface area contributed by atoms with E-state index in [1.54, 1.807) is 41.9 Å².